The van der Waals surface area contributed by atoms with Crippen LogP contribution in [0.5, 0.6) is 11.5 Å². The third-order valence-electron chi connectivity index (χ3n) is 4.86. The van der Waals surface area contributed by atoms with Crippen molar-refractivity contribution < 1.29 is 4.74 Å². The largest absolute Gasteiger partial charge is 0.455 e. The lowest BCUT2D eigenvalue weighted by Crippen LogP contribution is -2.05. The lowest BCUT2D eigenvalue weighted by Gasteiger charge is -2.14. The van der Waals surface area contributed by atoms with E-state index in [4.69, 9.17) is 10.3 Å². The number of aromatic nitrogens is 3. The number of rotatable bonds is 6. The minimum absolute atomic E-state index is 0.324. The molecule has 0 saturated carbocycles. The number of benzene rings is 1. The van der Waals surface area contributed by atoms with Gasteiger partial charge in [-0.15, -0.1) is 0 Å². The second-order valence-corrected chi connectivity index (χ2v) is 7.20. The highest BCUT2D eigenvalue weighted by molar-refractivity contribution is 5.78. The predicted molar refractivity (Wildman–Crippen MR) is 121 cm³/mol. The molecular formula is C22H22N8O. The van der Waals surface area contributed by atoms with Crippen LogP contribution in [0.1, 0.15) is 23.2 Å². The molecule has 0 unspecified atom stereocenters. The van der Waals surface area contributed by atoms with Gasteiger partial charge in [-0.3, -0.25) is 4.98 Å². The average Bonchev–Trinajstić information content (AvgIpc) is 2.98. The van der Waals surface area contributed by atoms with Gasteiger partial charge in [0.15, 0.2) is 0 Å². The van der Waals surface area contributed by atoms with Crippen LogP contribution < -0.4 is 15.4 Å². The number of azide groups is 1. The Morgan fingerprint density at radius 1 is 1.19 bits per heavy atom. The number of anilines is 3. The van der Waals surface area contributed by atoms with Crippen molar-refractivity contribution in [1.82, 2.24) is 15.0 Å². The third kappa shape index (κ3) is 4.91. The maximum absolute atomic E-state index is 8.63. The normalized spacial score (nSPS) is 12.5. The van der Waals surface area contributed by atoms with Gasteiger partial charge in [0, 0.05) is 29.4 Å². The van der Waals surface area contributed by atoms with E-state index in [2.05, 4.69) is 35.6 Å². The van der Waals surface area contributed by atoms with Crippen LogP contribution in [0.2, 0.25) is 0 Å². The summed E-state index contributed by atoms with van der Waals surface area (Å²) >= 11 is 0. The summed E-state index contributed by atoms with van der Waals surface area (Å²) in [5.41, 5.74) is 13.3. The molecule has 0 radical (unpaired) electrons. The molecule has 1 aromatic carbocycles. The molecule has 3 aromatic rings. The number of hydrogen-bond donors (Lipinski definition) is 2. The first-order valence-electron chi connectivity index (χ1n) is 9.90. The van der Waals surface area contributed by atoms with Crippen molar-refractivity contribution in [3.63, 3.8) is 0 Å². The fourth-order valence-corrected chi connectivity index (χ4v) is 3.26. The second-order valence-electron chi connectivity index (χ2n) is 7.20. The lowest BCUT2D eigenvalue weighted by molar-refractivity contribution is 0.476. The summed E-state index contributed by atoms with van der Waals surface area (Å²) < 4.78 is 5.95. The van der Waals surface area contributed by atoms with Crippen LogP contribution in [0.4, 0.5) is 17.3 Å². The Kier molecular flexibility index (Phi) is 5.96. The van der Waals surface area contributed by atoms with Crippen LogP contribution in [0, 0.1) is 13.8 Å². The van der Waals surface area contributed by atoms with Gasteiger partial charge in [0.2, 0.25) is 0 Å². The van der Waals surface area contributed by atoms with E-state index in [1.54, 1.807) is 6.20 Å². The van der Waals surface area contributed by atoms with E-state index in [0.717, 1.165) is 52.6 Å². The van der Waals surface area contributed by atoms with Gasteiger partial charge in [-0.1, -0.05) is 10.7 Å². The quantitative estimate of drug-likeness (QED) is 0.311. The Morgan fingerprint density at radius 2 is 2.10 bits per heavy atom. The van der Waals surface area contributed by atoms with Gasteiger partial charge in [0.25, 0.3) is 0 Å². The minimum Gasteiger partial charge on any atom is -0.455 e. The molecule has 2 aromatic heterocycles. The van der Waals surface area contributed by atoms with Crippen LogP contribution in [0.25, 0.3) is 16.5 Å². The van der Waals surface area contributed by atoms with Gasteiger partial charge in [0.05, 0.1) is 11.8 Å². The summed E-state index contributed by atoms with van der Waals surface area (Å²) in [6.45, 7) is 4.97. The first-order valence-corrected chi connectivity index (χ1v) is 9.90. The van der Waals surface area contributed by atoms with Crippen LogP contribution in [-0.4, -0.2) is 28.0 Å². The van der Waals surface area contributed by atoms with Crippen molar-refractivity contribution in [3.8, 4) is 11.5 Å². The highest BCUT2D eigenvalue weighted by Gasteiger charge is 2.14. The Balaban J connectivity index is 1.58. The summed E-state index contributed by atoms with van der Waals surface area (Å²) in [4.78, 5) is 15.9. The number of pyridine rings is 1. The molecule has 1 aliphatic heterocycles. The second kappa shape index (κ2) is 9.15. The molecule has 2 N–H and O–H groups in total. The van der Waals surface area contributed by atoms with E-state index in [9.17, 15) is 0 Å². The van der Waals surface area contributed by atoms with Gasteiger partial charge in [-0.05, 0) is 67.8 Å². The summed E-state index contributed by atoms with van der Waals surface area (Å²) in [6.07, 6.45) is 5.99. The first kappa shape index (κ1) is 20.2. The zero-order valence-electron chi connectivity index (χ0n) is 17.3. The minimum atomic E-state index is 0.324. The van der Waals surface area contributed by atoms with Crippen molar-refractivity contribution in [2.24, 2.45) is 5.11 Å². The smallest absolute Gasteiger partial charge is 0.145 e. The zero-order valence-corrected chi connectivity index (χ0v) is 17.3. The molecule has 0 fully saturated rings. The molecule has 0 aliphatic carbocycles. The maximum atomic E-state index is 8.63. The van der Waals surface area contributed by atoms with Gasteiger partial charge in [-0.25, -0.2) is 9.97 Å². The van der Waals surface area contributed by atoms with Crippen molar-refractivity contribution >= 4 is 23.4 Å². The third-order valence-corrected chi connectivity index (χ3v) is 4.86. The number of nitrogens with zero attached hydrogens (tertiary/aromatic N) is 6. The molecule has 31 heavy (non-hydrogen) atoms. The van der Waals surface area contributed by atoms with Crippen molar-refractivity contribution in [2.75, 3.05) is 23.7 Å². The molecule has 0 bridgehead atoms. The van der Waals surface area contributed by atoms with Crippen LogP contribution in [-0.2, 0) is 0 Å². The number of nitrogens with one attached hydrogen (secondary N) is 2. The standard InChI is InChI=1S/C22H22N8O/c1-14-9-17(4-6-20(14)31-18-5-3-15(2)25-12-18)29-22-19-10-16(11-28-30-23)7-8-24-21(19)26-13-27-22/h3-6,9-10,12-13H,7-8,11H2,1-2H3,(H2,24,26,27,29). The molecule has 0 amide bonds. The summed E-state index contributed by atoms with van der Waals surface area (Å²) in [5, 5.41) is 10.4. The number of aryl methyl sites for hydroxylation is 2. The van der Waals surface area contributed by atoms with Gasteiger partial charge < -0.3 is 15.4 Å². The Morgan fingerprint density at radius 3 is 2.87 bits per heavy atom. The monoisotopic (exact) mass is 414 g/mol. The molecule has 4 rings (SSSR count). The lowest BCUT2D eigenvalue weighted by atomic mass is 10.1. The molecule has 0 saturated heterocycles. The molecule has 0 atom stereocenters. The van der Waals surface area contributed by atoms with E-state index in [-0.39, 0.29) is 0 Å². The SMILES string of the molecule is Cc1ccc(Oc2ccc(Nc3ncnc4c3C=C(CN=[N+]=[N-])CCN4)cc2C)cn1. The predicted octanol–water partition coefficient (Wildman–Crippen LogP) is 5.53. The zero-order chi connectivity index (χ0) is 21.6. The van der Waals surface area contributed by atoms with E-state index in [1.807, 2.05) is 50.3 Å². The molecule has 156 valence electrons. The highest BCUT2D eigenvalue weighted by Crippen LogP contribution is 2.31. The van der Waals surface area contributed by atoms with Crippen LogP contribution in [0.3, 0.4) is 0 Å². The summed E-state index contributed by atoms with van der Waals surface area (Å²) in [6, 6.07) is 9.67. The first-order chi connectivity index (χ1) is 15.1. The fourth-order valence-electron chi connectivity index (χ4n) is 3.26. The van der Waals surface area contributed by atoms with Crippen LogP contribution >= 0.6 is 0 Å². The van der Waals surface area contributed by atoms with E-state index in [1.165, 1.54) is 6.33 Å². The molecule has 3 heterocycles. The Hall–Kier alpha value is -4.10. The van der Waals surface area contributed by atoms with Crippen LogP contribution in [0.15, 0.2) is 53.5 Å². The Labute approximate surface area is 179 Å². The van der Waals surface area contributed by atoms with E-state index >= 15 is 0 Å². The molecule has 1 aliphatic rings. The van der Waals surface area contributed by atoms with E-state index < -0.39 is 0 Å². The van der Waals surface area contributed by atoms with Gasteiger partial charge in [0.1, 0.15) is 29.5 Å². The fraction of sp³-hybridized carbons (Fsp3) is 0.227. The van der Waals surface area contributed by atoms with Gasteiger partial charge in [-0.2, -0.15) is 0 Å². The topological polar surface area (TPSA) is 121 Å². The number of hydrogen-bond acceptors (Lipinski definition) is 7. The van der Waals surface area contributed by atoms with Crippen molar-refractivity contribution in [2.45, 2.75) is 20.3 Å². The molecule has 9 heteroatoms. The number of ether oxygens (including phenoxy) is 1. The van der Waals surface area contributed by atoms with Crippen molar-refractivity contribution in [3.05, 3.63) is 75.7 Å². The van der Waals surface area contributed by atoms with Crippen molar-refractivity contribution in [1.29, 1.82) is 0 Å². The average molecular weight is 414 g/mol. The van der Waals surface area contributed by atoms with E-state index in [0.29, 0.717) is 18.1 Å². The molecule has 0 spiro atoms. The molecule has 9 nitrogen and oxygen atoms in total. The number of fused-ring (bicyclic) bond motifs is 1. The summed E-state index contributed by atoms with van der Waals surface area (Å²) in [7, 11) is 0. The molecular weight excluding hydrogens is 392 g/mol. The summed E-state index contributed by atoms with van der Waals surface area (Å²) in [5.74, 6) is 2.88. The van der Waals surface area contributed by atoms with Gasteiger partial charge >= 0.3 is 0 Å². The maximum Gasteiger partial charge on any atom is 0.145 e. The highest BCUT2D eigenvalue weighted by atomic mass is 16.5. The Bertz CT molecular complexity index is 1170.